The van der Waals surface area contributed by atoms with E-state index in [-0.39, 0.29) is 11.3 Å². The Morgan fingerprint density at radius 2 is 1.77 bits per heavy atom. The number of hydrogen-bond donors (Lipinski definition) is 2. The van der Waals surface area contributed by atoms with Gasteiger partial charge in [-0.3, -0.25) is 9.78 Å². The quantitative estimate of drug-likeness (QED) is 0.416. The van der Waals surface area contributed by atoms with Gasteiger partial charge in [0, 0.05) is 23.9 Å². The number of carbonyl (C=O) groups excluding carboxylic acids is 1. The summed E-state index contributed by atoms with van der Waals surface area (Å²) >= 11 is 6.41. The summed E-state index contributed by atoms with van der Waals surface area (Å²) in [5.41, 5.74) is 6.26. The molecular formula is C25H25ClN4O. The molecule has 0 unspecified atom stereocenters. The largest absolute Gasteiger partial charge is 0.352 e. The highest BCUT2D eigenvalue weighted by molar-refractivity contribution is 6.33. The summed E-state index contributed by atoms with van der Waals surface area (Å²) < 4.78 is 0. The van der Waals surface area contributed by atoms with Crippen molar-refractivity contribution in [3.8, 4) is 22.6 Å². The smallest absolute Gasteiger partial charge is 0.252 e. The van der Waals surface area contributed by atoms with E-state index in [1.165, 1.54) is 5.56 Å². The molecule has 2 N–H and O–H groups in total. The molecular weight excluding hydrogens is 408 g/mol. The average molecular weight is 433 g/mol. The first kappa shape index (κ1) is 21.1. The fraction of sp³-hybridized carbons (Fsp3) is 0.240. The van der Waals surface area contributed by atoms with Gasteiger partial charge >= 0.3 is 0 Å². The molecule has 0 aliphatic rings. The number of halogens is 1. The Morgan fingerprint density at radius 1 is 1.06 bits per heavy atom. The van der Waals surface area contributed by atoms with Crippen LogP contribution in [0.25, 0.3) is 33.7 Å². The number of H-pyrrole nitrogens is 1. The third kappa shape index (κ3) is 4.32. The van der Waals surface area contributed by atoms with Gasteiger partial charge in [0.15, 0.2) is 0 Å². The standard InChI is InChI=1S/C25H25ClN4O/c1-5-27-24(31)17-12-19(26)22(28-14-17)15-6-8-16(9-7-15)23-29-20-11-10-18(25(2,3)4)13-21(20)30-23/h6-14H,5H2,1-4H3,(H,27,31)(H,29,30). The average Bonchev–Trinajstić information content (AvgIpc) is 3.17. The minimum atomic E-state index is -0.182. The molecule has 5 nitrogen and oxygen atoms in total. The number of pyridine rings is 1. The lowest BCUT2D eigenvalue weighted by atomic mass is 9.87. The molecule has 0 radical (unpaired) electrons. The molecule has 0 spiro atoms. The summed E-state index contributed by atoms with van der Waals surface area (Å²) in [6.07, 6.45) is 1.55. The molecule has 0 atom stereocenters. The van der Waals surface area contributed by atoms with E-state index in [9.17, 15) is 4.79 Å². The highest BCUT2D eigenvalue weighted by Crippen LogP contribution is 2.30. The molecule has 2 heterocycles. The third-order valence-electron chi connectivity index (χ3n) is 5.22. The van der Waals surface area contributed by atoms with Crippen molar-refractivity contribution in [3.05, 3.63) is 70.9 Å². The summed E-state index contributed by atoms with van der Waals surface area (Å²) in [6.45, 7) is 9.03. The predicted molar refractivity (Wildman–Crippen MR) is 126 cm³/mol. The topological polar surface area (TPSA) is 70.7 Å². The van der Waals surface area contributed by atoms with Crippen LogP contribution in [0.1, 0.15) is 43.6 Å². The molecule has 0 aliphatic carbocycles. The summed E-state index contributed by atoms with van der Waals surface area (Å²) in [6, 6.07) is 15.9. The maximum Gasteiger partial charge on any atom is 0.252 e. The number of fused-ring (bicyclic) bond motifs is 1. The lowest BCUT2D eigenvalue weighted by Gasteiger charge is -2.18. The maximum atomic E-state index is 12.0. The van der Waals surface area contributed by atoms with E-state index in [1.807, 2.05) is 31.2 Å². The first-order valence-corrected chi connectivity index (χ1v) is 10.7. The van der Waals surface area contributed by atoms with Gasteiger partial charge in [0.1, 0.15) is 5.82 Å². The van der Waals surface area contributed by atoms with E-state index in [4.69, 9.17) is 16.6 Å². The van der Waals surface area contributed by atoms with Crippen LogP contribution < -0.4 is 5.32 Å². The van der Waals surface area contributed by atoms with Gasteiger partial charge in [0.25, 0.3) is 5.91 Å². The van der Waals surface area contributed by atoms with Gasteiger partial charge in [-0.15, -0.1) is 0 Å². The lowest BCUT2D eigenvalue weighted by Crippen LogP contribution is -2.22. The second-order valence-corrected chi connectivity index (χ2v) is 8.97. The third-order valence-corrected chi connectivity index (χ3v) is 5.51. The van der Waals surface area contributed by atoms with Gasteiger partial charge in [-0.1, -0.05) is 62.7 Å². The van der Waals surface area contributed by atoms with E-state index >= 15 is 0 Å². The van der Waals surface area contributed by atoms with Crippen LogP contribution in [0.15, 0.2) is 54.7 Å². The van der Waals surface area contributed by atoms with Gasteiger partial charge in [-0.25, -0.2) is 4.98 Å². The number of nitrogens with zero attached hydrogens (tertiary/aromatic N) is 2. The molecule has 0 saturated heterocycles. The van der Waals surface area contributed by atoms with Crippen LogP contribution in [0.2, 0.25) is 5.02 Å². The SMILES string of the molecule is CCNC(=O)c1cnc(-c2ccc(-c3nc4ccc(C(C)(C)C)cc4[nH]3)cc2)c(Cl)c1. The fourth-order valence-corrected chi connectivity index (χ4v) is 3.71. The van der Waals surface area contributed by atoms with Crippen molar-refractivity contribution in [2.24, 2.45) is 0 Å². The van der Waals surface area contributed by atoms with Crippen molar-refractivity contribution in [2.45, 2.75) is 33.1 Å². The number of benzene rings is 2. The number of carbonyl (C=O) groups is 1. The number of amides is 1. The van der Waals surface area contributed by atoms with Gasteiger partial charge in [0.05, 0.1) is 27.3 Å². The molecule has 4 aromatic rings. The van der Waals surface area contributed by atoms with E-state index in [0.717, 1.165) is 28.0 Å². The van der Waals surface area contributed by atoms with Crippen molar-refractivity contribution in [2.75, 3.05) is 6.54 Å². The fourth-order valence-electron chi connectivity index (χ4n) is 3.44. The van der Waals surface area contributed by atoms with Crippen LogP contribution in [-0.2, 0) is 5.41 Å². The summed E-state index contributed by atoms with van der Waals surface area (Å²) in [5.74, 6) is 0.636. The molecule has 2 aromatic carbocycles. The van der Waals surface area contributed by atoms with Crippen molar-refractivity contribution in [1.82, 2.24) is 20.3 Å². The second-order valence-electron chi connectivity index (χ2n) is 8.56. The minimum Gasteiger partial charge on any atom is -0.352 e. The number of aromatic nitrogens is 3. The number of imidazole rings is 1. The molecule has 158 valence electrons. The molecule has 1 amide bonds. The zero-order valence-corrected chi connectivity index (χ0v) is 18.8. The Kier molecular flexibility index (Phi) is 5.54. The van der Waals surface area contributed by atoms with Crippen molar-refractivity contribution >= 4 is 28.5 Å². The summed E-state index contributed by atoms with van der Waals surface area (Å²) in [7, 11) is 0. The van der Waals surface area contributed by atoms with Gasteiger partial charge < -0.3 is 10.3 Å². The first-order valence-electron chi connectivity index (χ1n) is 10.3. The van der Waals surface area contributed by atoms with E-state index in [0.29, 0.717) is 22.8 Å². The molecule has 31 heavy (non-hydrogen) atoms. The van der Waals surface area contributed by atoms with Gasteiger partial charge in [-0.2, -0.15) is 0 Å². The monoisotopic (exact) mass is 432 g/mol. The highest BCUT2D eigenvalue weighted by Gasteiger charge is 2.16. The normalized spacial score (nSPS) is 11.6. The number of rotatable bonds is 4. The molecule has 6 heteroatoms. The van der Waals surface area contributed by atoms with Gasteiger partial charge in [0.2, 0.25) is 0 Å². The second kappa shape index (κ2) is 8.16. The zero-order valence-electron chi connectivity index (χ0n) is 18.1. The molecule has 0 fully saturated rings. The number of hydrogen-bond acceptors (Lipinski definition) is 3. The van der Waals surface area contributed by atoms with E-state index in [2.05, 4.69) is 54.3 Å². The number of nitrogens with one attached hydrogen (secondary N) is 2. The van der Waals surface area contributed by atoms with Crippen LogP contribution in [-0.4, -0.2) is 27.4 Å². The maximum absolute atomic E-state index is 12.0. The Morgan fingerprint density at radius 3 is 2.42 bits per heavy atom. The Labute approximate surface area is 186 Å². The Balaban J connectivity index is 1.62. The van der Waals surface area contributed by atoms with Crippen LogP contribution in [0.3, 0.4) is 0 Å². The predicted octanol–water partition coefficient (Wildman–Crippen LogP) is 5.99. The Hall–Kier alpha value is -3.18. The van der Waals surface area contributed by atoms with Crippen molar-refractivity contribution in [3.63, 3.8) is 0 Å². The van der Waals surface area contributed by atoms with E-state index in [1.54, 1.807) is 12.3 Å². The van der Waals surface area contributed by atoms with Crippen LogP contribution in [0.4, 0.5) is 0 Å². The summed E-state index contributed by atoms with van der Waals surface area (Å²) in [4.78, 5) is 24.5. The van der Waals surface area contributed by atoms with Crippen LogP contribution in [0, 0.1) is 0 Å². The zero-order chi connectivity index (χ0) is 22.2. The van der Waals surface area contributed by atoms with Crippen molar-refractivity contribution < 1.29 is 4.79 Å². The lowest BCUT2D eigenvalue weighted by molar-refractivity contribution is 0.0955. The number of aromatic amines is 1. The van der Waals surface area contributed by atoms with Crippen LogP contribution in [0.5, 0.6) is 0 Å². The molecule has 0 aliphatic heterocycles. The molecule has 0 bridgehead atoms. The molecule has 4 rings (SSSR count). The van der Waals surface area contributed by atoms with Gasteiger partial charge in [-0.05, 0) is 36.1 Å². The van der Waals surface area contributed by atoms with Crippen molar-refractivity contribution in [1.29, 1.82) is 0 Å². The molecule has 2 aromatic heterocycles. The first-order chi connectivity index (χ1) is 14.8. The minimum absolute atomic E-state index is 0.0835. The highest BCUT2D eigenvalue weighted by atomic mass is 35.5. The van der Waals surface area contributed by atoms with E-state index < -0.39 is 0 Å². The Bertz CT molecular complexity index is 1250. The molecule has 0 saturated carbocycles. The van der Waals surface area contributed by atoms with Crippen LogP contribution >= 0.6 is 11.6 Å². The summed E-state index contributed by atoms with van der Waals surface area (Å²) in [5, 5.41) is 3.19.